The fraction of sp³-hybridized carbons (Fsp3) is 0.824. The van der Waals surface area contributed by atoms with Crippen molar-refractivity contribution in [3.63, 3.8) is 0 Å². The van der Waals surface area contributed by atoms with E-state index in [1.807, 2.05) is 18.5 Å². The zero-order valence-electron chi connectivity index (χ0n) is 16.0. The summed E-state index contributed by atoms with van der Waals surface area (Å²) in [6.07, 6.45) is 3.40. The van der Waals surface area contributed by atoms with Gasteiger partial charge in [0.25, 0.3) is 0 Å². The van der Waals surface area contributed by atoms with Gasteiger partial charge in [0.15, 0.2) is 11.8 Å². The molecule has 1 aliphatic heterocycles. The molecule has 0 amide bonds. The molecule has 2 heterocycles. The second-order valence-corrected chi connectivity index (χ2v) is 6.28. The number of aryl methyl sites for hydroxylation is 1. The van der Waals surface area contributed by atoms with Gasteiger partial charge in [-0.2, -0.15) is 0 Å². The number of ether oxygens (including phenoxy) is 2. The summed E-state index contributed by atoms with van der Waals surface area (Å²) < 4.78 is 12.9. The van der Waals surface area contributed by atoms with E-state index in [2.05, 4.69) is 27.3 Å². The van der Waals surface area contributed by atoms with Gasteiger partial charge in [0.2, 0.25) is 0 Å². The molecule has 1 fully saturated rings. The number of guanidine groups is 1. The normalized spacial score (nSPS) is 16.5. The SMILES string of the molecule is CCOC1CCN(C(=NCc2nnc(C)n2C)NCCCOC)CC1. The van der Waals surface area contributed by atoms with E-state index in [-0.39, 0.29) is 0 Å². The molecule has 0 spiro atoms. The van der Waals surface area contributed by atoms with Crippen LogP contribution >= 0.6 is 0 Å². The number of methoxy groups -OCH3 is 1. The van der Waals surface area contributed by atoms with Crippen LogP contribution in [-0.4, -0.2) is 71.7 Å². The first-order valence-corrected chi connectivity index (χ1v) is 9.14. The zero-order chi connectivity index (χ0) is 18.1. The van der Waals surface area contributed by atoms with E-state index >= 15 is 0 Å². The second kappa shape index (κ2) is 10.4. The number of piperidine rings is 1. The van der Waals surface area contributed by atoms with Gasteiger partial charge in [-0.25, -0.2) is 4.99 Å². The van der Waals surface area contributed by atoms with Crippen LogP contribution in [0.25, 0.3) is 0 Å². The lowest BCUT2D eigenvalue weighted by atomic mass is 10.1. The molecular weight excluding hydrogens is 320 g/mol. The Kier molecular flexibility index (Phi) is 8.14. The molecule has 1 aromatic rings. The third-order valence-corrected chi connectivity index (χ3v) is 4.51. The Balaban J connectivity index is 1.97. The highest BCUT2D eigenvalue weighted by molar-refractivity contribution is 5.80. The van der Waals surface area contributed by atoms with Crippen LogP contribution in [0.1, 0.15) is 37.8 Å². The minimum Gasteiger partial charge on any atom is -0.385 e. The van der Waals surface area contributed by atoms with Gasteiger partial charge in [-0.05, 0) is 33.1 Å². The van der Waals surface area contributed by atoms with Crippen LogP contribution in [0.2, 0.25) is 0 Å². The number of likely N-dealkylation sites (tertiary alicyclic amines) is 1. The molecule has 8 nitrogen and oxygen atoms in total. The molecule has 142 valence electrons. The monoisotopic (exact) mass is 352 g/mol. The lowest BCUT2D eigenvalue weighted by molar-refractivity contribution is 0.0263. The lowest BCUT2D eigenvalue weighted by Gasteiger charge is -2.34. The Bertz CT molecular complexity index is 537. The van der Waals surface area contributed by atoms with E-state index < -0.39 is 0 Å². The van der Waals surface area contributed by atoms with Gasteiger partial charge in [0, 0.05) is 47.0 Å². The number of aromatic nitrogens is 3. The summed E-state index contributed by atoms with van der Waals surface area (Å²) in [6.45, 7) is 8.81. The van der Waals surface area contributed by atoms with Crippen LogP contribution in [0.5, 0.6) is 0 Å². The lowest BCUT2D eigenvalue weighted by Crippen LogP contribution is -2.47. The van der Waals surface area contributed by atoms with Crippen molar-refractivity contribution in [3.05, 3.63) is 11.6 Å². The summed E-state index contributed by atoms with van der Waals surface area (Å²) in [5.41, 5.74) is 0. The van der Waals surface area contributed by atoms with Gasteiger partial charge in [0.05, 0.1) is 6.10 Å². The van der Waals surface area contributed by atoms with Crippen molar-refractivity contribution in [2.45, 2.75) is 45.8 Å². The first kappa shape index (κ1) is 19.7. The summed E-state index contributed by atoms with van der Waals surface area (Å²) in [7, 11) is 3.70. The van der Waals surface area contributed by atoms with Crippen LogP contribution < -0.4 is 5.32 Å². The van der Waals surface area contributed by atoms with E-state index in [0.29, 0.717) is 12.6 Å². The van der Waals surface area contributed by atoms with Crippen molar-refractivity contribution in [3.8, 4) is 0 Å². The maximum atomic E-state index is 5.75. The Hall–Kier alpha value is -1.67. The molecule has 8 heteroatoms. The van der Waals surface area contributed by atoms with E-state index in [9.17, 15) is 0 Å². The fourth-order valence-electron chi connectivity index (χ4n) is 2.89. The molecular formula is C17H32N6O2. The molecule has 1 N–H and O–H groups in total. The minimum atomic E-state index is 0.373. The molecule has 0 unspecified atom stereocenters. The van der Waals surface area contributed by atoms with Crippen molar-refractivity contribution in [2.24, 2.45) is 12.0 Å². The smallest absolute Gasteiger partial charge is 0.194 e. The van der Waals surface area contributed by atoms with Gasteiger partial charge >= 0.3 is 0 Å². The predicted molar refractivity (Wildman–Crippen MR) is 97.6 cm³/mol. The van der Waals surface area contributed by atoms with E-state index in [4.69, 9.17) is 14.5 Å². The second-order valence-electron chi connectivity index (χ2n) is 6.28. The molecule has 2 rings (SSSR count). The first-order chi connectivity index (χ1) is 12.2. The van der Waals surface area contributed by atoms with Gasteiger partial charge in [-0.3, -0.25) is 0 Å². The summed E-state index contributed by atoms with van der Waals surface area (Å²) in [4.78, 5) is 7.10. The highest BCUT2D eigenvalue weighted by atomic mass is 16.5. The average Bonchev–Trinajstić information content (AvgIpc) is 2.94. The molecule has 0 aliphatic carbocycles. The molecule has 1 aliphatic rings. The predicted octanol–water partition coefficient (Wildman–Crippen LogP) is 1.11. The Morgan fingerprint density at radius 1 is 1.32 bits per heavy atom. The molecule has 0 atom stereocenters. The van der Waals surface area contributed by atoms with E-state index in [1.165, 1.54) is 0 Å². The third-order valence-electron chi connectivity index (χ3n) is 4.51. The quantitative estimate of drug-likeness (QED) is 0.429. The van der Waals surface area contributed by atoms with Gasteiger partial charge in [-0.15, -0.1) is 10.2 Å². The standard InChI is InChI=1S/C17H32N6O2/c1-5-25-15-7-10-23(11-8-15)17(18-9-6-12-24-4)19-13-16-21-20-14(2)22(16)3/h15H,5-13H2,1-4H3,(H,18,19). The summed E-state index contributed by atoms with van der Waals surface area (Å²) in [5, 5.41) is 11.8. The van der Waals surface area contributed by atoms with Crippen molar-refractivity contribution >= 4 is 5.96 Å². The highest BCUT2D eigenvalue weighted by Gasteiger charge is 2.21. The van der Waals surface area contributed by atoms with Crippen LogP contribution in [0.3, 0.4) is 0 Å². The van der Waals surface area contributed by atoms with E-state index in [1.54, 1.807) is 7.11 Å². The largest absolute Gasteiger partial charge is 0.385 e. The van der Waals surface area contributed by atoms with Crippen LogP contribution in [0.15, 0.2) is 4.99 Å². The molecule has 1 aromatic heterocycles. The van der Waals surface area contributed by atoms with Crippen LogP contribution in [0, 0.1) is 6.92 Å². The maximum Gasteiger partial charge on any atom is 0.194 e. The molecule has 0 saturated carbocycles. The number of nitrogens with zero attached hydrogens (tertiary/aromatic N) is 5. The van der Waals surface area contributed by atoms with Gasteiger partial charge < -0.3 is 24.3 Å². The minimum absolute atomic E-state index is 0.373. The van der Waals surface area contributed by atoms with Crippen LogP contribution in [-0.2, 0) is 23.1 Å². The van der Waals surface area contributed by atoms with Crippen molar-refractivity contribution < 1.29 is 9.47 Å². The number of hydrogen-bond donors (Lipinski definition) is 1. The Morgan fingerprint density at radius 2 is 2.08 bits per heavy atom. The van der Waals surface area contributed by atoms with Crippen molar-refractivity contribution in [2.75, 3.05) is 40.0 Å². The van der Waals surface area contributed by atoms with Crippen molar-refractivity contribution in [1.29, 1.82) is 0 Å². The molecule has 0 aromatic carbocycles. The maximum absolute atomic E-state index is 5.75. The van der Waals surface area contributed by atoms with E-state index in [0.717, 1.165) is 69.7 Å². The average molecular weight is 352 g/mol. The number of nitrogens with one attached hydrogen (secondary N) is 1. The van der Waals surface area contributed by atoms with Crippen LogP contribution in [0.4, 0.5) is 0 Å². The number of aliphatic imine (C=N–C) groups is 1. The zero-order valence-corrected chi connectivity index (χ0v) is 16.0. The van der Waals surface area contributed by atoms with Crippen molar-refractivity contribution in [1.82, 2.24) is 25.0 Å². The summed E-state index contributed by atoms with van der Waals surface area (Å²) in [5.74, 6) is 2.71. The number of rotatable bonds is 8. The molecule has 0 radical (unpaired) electrons. The highest BCUT2D eigenvalue weighted by Crippen LogP contribution is 2.14. The first-order valence-electron chi connectivity index (χ1n) is 9.14. The summed E-state index contributed by atoms with van der Waals surface area (Å²) in [6, 6.07) is 0. The fourth-order valence-corrected chi connectivity index (χ4v) is 2.89. The molecule has 25 heavy (non-hydrogen) atoms. The number of hydrogen-bond acceptors (Lipinski definition) is 5. The Labute approximate surface area is 150 Å². The molecule has 1 saturated heterocycles. The van der Waals surface area contributed by atoms with Gasteiger partial charge in [0.1, 0.15) is 12.4 Å². The topological polar surface area (TPSA) is 76.8 Å². The summed E-state index contributed by atoms with van der Waals surface area (Å²) >= 11 is 0. The van der Waals surface area contributed by atoms with Gasteiger partial charge in [-0.1, -0.05) is 0 Å². The molecule has 0 bridgehead atoms. The Morgan fingerprint density at radius 3 is 2.68 bits per heavy atom. The third kappa shape index (κ3) is 5.97.